The maximum atomic E-state index is 4.57. The average molecular weight is 282 g/mol. The lowest BCUT2D eigenvalue weighted by atomic mass is 10.0. The van der Waals surface area contributed by atoms with Crippen LogP contribution < -0.4 is 5.32 Å². The van der Waals surface area contributed by atoms with E-state index in [1.165, 1.54) is 17.0 Å². The minimum Gasteiger partial charge on any atom is -0.312 e. The summed E-state index contributed by atoms with van der Waals surface area (Å²) in [6.45, 7) is 6.49. The highest BCUT2D eigenvalue weighted by Gasteiger charge is 2.32. The van der Waals surface area contributed by atoms with E-state index in [0.29, 0.717) is 17.9 Å². The first kappa shape index (κ1) is 13.0. The molecule has 2 heterocycles. The highest BCUT2D eigenvalue weighted by Crippen LogP contribution is 2.35. The van der Waals surface area contributed by atoms with Gasteiger partial charge in [-0.15, -0.1) is 10.2 Å². The van der Waals surface area contributed by atoms with Crippen LogP contribution in [0, 0.1) is 5.92 Å². The van der Waals surface area contributed by atoms with Crippen LogP contribution in [-0.4, -0.2) is 21.3 Å². The summed E-state index contributed by atoms with van der Waals surface area (Å²) in [6.07, 6.45) is 2.21. The van der Waals surface area contributed by atoms with Crippen LogP contribution in [0.1, 0.15) is 48.6 Å². The van der Waals surface area contributed by atoms with Gasteiger partial charge < -0.3 is 9.88 Å². The Kier molecular flexibility index (Phi) is 3.07. The molecule has 0 fully saturated rings. The van der Waals surface area contributed by atoms with Crippen molar-refractivity contribution in [3.05, 3.63) is 47.0 Å². The zero-order valence-electron chi connectivity index (χ0n) is 12.7. The molecule has 0 spiro atoms. The second-order valence-corrected chi connectivity index (χ2v) is 6.62. The maximum Gasteiger partial charge on any atom is 0.150 e. The summed E-state index contributed by atoms with van der Waals surface area (Å²) in [4.78, 5) is 0. The van der Waals surface area contributed by atoms with Crippen LogP contribution >= 0.6 is 0 Å². The maximum absolute atomic E-state index is 4.57. The number of rotatable bonds is 2. The molecule has 1 unspecified atom stereocenters. The van der Waals surface area contributed by atoms with Crippen molar-refractivity contribution in [3.8, 4) is 0 Å². The van der Waals surface area contributed by atoms with Crippen molar-refractivity contribution >= 4 is 0 Å². The average Bonchev–Trinajstić information content (AvgIpc) is 3.09. The number of nitrogens with one attached hydrogen (secondary N) is 1. The molecule has 0 saturated carbocycles. The zero-order chi connectivity index (χ0) is 14.4. The van der Waals surface area contributed by atoms with Crippen molar-refractivity contribution in [2.45, 2.75) is 45.2 Å². The third-order valence-corrected chi connectivity index (χ3v) is 4.87. The van der Waals surface area contributed by atoms with Gasteiger partial charge in [0, 0.05) is 19.0 Å². The molecule has 0 saturated heterocycles. The van der Waals surface area contributed by atoms with Gasteiger partial charge >= 0.3 is 0 Å². The highest BCUT2D eigenvalue weighted by atomic mass is 15.3. The van der Waals surface area contributed by atoms with Gasteiger partial charge in [-0.25, -0.2) is 0 Å². The topological polar surface area (TPSA) is 42.7 Å². The monoisotopic (exact) mass is 282 g/mol. The Morgan fingerprint density at radius 1 is 1.10 bits per heavy atom. The molecular formula is C17H22N4. The molecule has 4 heteroatoms. The number of hydrogen-bond acceptors (Lipinski definition) is 3. The number of hydrogen-bond donors (Lipinski definition) is 1. The molecule has 21 heavy (non-hydrogen) atoms. The van der Waals surface area contributed by atoms with Gasteiger partial charge in [0.05, 0.1) is 6.04 Å². The van der Waals surface area contributed by atoms with Gasteiger partial charge in [-0.3, -0.25) is 0 Å². The fourth-order valence-corrected chi connectivity index (χ4v) is 3.79. The summed E-state index contributed by atoms with van der Waals surface area (Å²) in [6, 6.07) is 9.12. The molecule has 110 valence electrons. The third kappa shape index (κ3) is 2.09. The van der Waals surface area contributed by atoms with Gasteiger partial charge in [0.1, 0.15) is 5.82 Å². The molecule has 1 aromatic heterocycles. The molecule has 1 N–H and O–H groups in total. The van der Waals surface area contributed by atoms with Crippen LogP contribution in [0.3, 0.4) is 0 Å². The first-order valence-electron chi connectivity index (χ1n) is 7.97. The second-order valence-electron chi connectivity index (χ2n) is 6.62. The first-order chi connectivity index (χ1) is 10.2. The van der Waals surface area contributed by atoms with E-state index < -0.39 is 0 Å². The number of benzene rings is 1. The number of aromatic nitrogens is 3. The van der Waals surface area contributed by atoms with Crippen molar-refractivity contribution in [2.24, 2.45) is 5.92 Å². The summed E-state index contributed by atoms with van der Waals surface area (Å²) in [5, 5.41) is 12.7. The van der Waals surface area contributed by atoms with E-state index in [4.69, 9.17) is 0 Å². The number of nitrogens with zero attached hydrogens (tertiary/aromatic N) is 3. The molecule has 0 bridgehead atoms. The summed E-state index contributed by atoms with van der Waals surface area (Å²) in [5.74, 6) is 3.35. The van der Waals surface area contributed by atoms with Crippen LogP contribution in [0.25, 0.3) is 0 Å². The largest absolute Gasteiger partial charge is 0.312 e. The lowest BCUT2D eigenvalue weighted by Gasteiger charge is -2.28. The lowest BCUT2D eigenvalue weighted by Crippen LogP contribution is -2.37. The molecule has 1 aliphatic heterocycles. The minimum absolute atomic E-state index is 0.337. The van der Waals surface area contributed by atoms with Crippen molar-refractivity contribution in [1.82, 2.24) is 20.1 Å². The Morgan fingerprint density at radius 2 is 1.76 bits per heavy atom. The predicted molar refractivity (Wildman–Crippen MR) is 82.2 cm³/mol. The summed E-state index contributed by atoms with van der Waals surface area (Å²) in [7, 11) is 0. The third-order valence-electron chi connectivity index (χ3n) is 4.87. The van der Waals surface area contributed by atoms with Gasteiger partial charge in [0.25, 0.3) is 0 Å². The number of fused-ring (bicyclic) bond motifs is 2. The van der Waals surface area contributed by atoms with Gasteiger partial charge in [0.15, 0.2) is 5.82 Å². The fraction of sp³-hybridized carbons (Fsp3) is 0.529. The minimum atomic E-state index is 0.337. The Morgan fingerprint density at radius 3 is 2.43 bits per heavy atom. The quantitative estimate of drug-likeness (QED) is 0.920. The van der Waals surface area contributed by atoms with E-state index in [2.05, 4.69) is 58.2 Å². The fourth-order valence-electron chi connectivity index (χ4n) is 3.79. The molecular weight excluding hydrogens is 260 g/mol. The van der Waals surface area contributed by atoms with Gasteiger partial charge in [0.2, 0.25) is 0 Å². The SMILES string of the molecule is CC(C)C1NCCn2c(C3Cc4ccccc4C3)nnc21. The predicted octanol–water partition coefficient (Wildman–Crippen LogP) is 2.46. The van der Waals surface area contributed by atoms with E-state index in [9.17, 15) is 0 Å². The van der Waals surface area contributed by atoms with Crippen LogP contribution in [0.5, 0.6) is 0 Å². The van der Waals surface area contributed by atoms with E-state index >= 15 is 0 Å². The summed E-state index contributed by atoms with van der Waals surface area (Å²) < 4.78 is 2.37. The van der Waals surface area contributed by atoms with Crippen molar-refractivity contribution in [3.63, 3.8) is 0 Å². The van der Waals surface area contributed by atoms with E-state index in [1.807, 2.05) is 0 Å². The normalized spacial score (nSPS) is 21.6. The molecule has 2 aromatic rings. The van der Waals surface area contributed by atoms with Gasteiger partial charge in [-0.1, -0.05) is 38.1 Å². The van der Waals surface area contributed by atoms with Crippen molar-refractivity contribution in [2.75, 3.05) is 6.54 Å². The smallest absolute Gasteiger partial charge is 0.150 e. The van der Waals surface area contributed by atoms with Crippen LogP contribution in [0.15, 0.2) is 24.3 Å². The van der Waals surface area contributed by atoms with E-state index in [1.54, 1.807) is 0 Å². The second kappa shape index (κ2) is 4.95. The molecule has 4 nitrogen and oxygen atoms in total. The van der Waals surface area contributed by atoms with Crippen LogP contribution in [-0.2, 0) is 19.4 Å². The Balaban J connectivity index is 1.67. The van der Waals surface area contributed by atoms with E-state index in [-0.39, 0.29) is 0 Å². The highest BCUT2D eigenvalue weighted by molar-refractivity contribution is 5.35. The van der Waals surface area contributed by atoms with Crippen LogP contribution in [0.2, 0.25) is 0 Å². The van der Waals surface area contributed by atoms with E-state index in [0.717, 1.165) is 31.8 Å². The Hall–Kier alpha value is -1.68. The first-order valence-corrected chi connectivity index (χ1v) is 7.97. The lowest BCUT2D eigenvalue weighted by molar-refractivity contribution is 0.333. The summed E-state index contributed by atoms with van der Waals surface area (Å²) in [5.41, 5.74) is 2.96. The molecule has 0 radical (unpaired) electrons. The standard InChI is InChI=1S/C17H22N4/c1-11(2)15-17-20-19-16(21(17)8-7-18-15)14-9-12-5-3-4-6-13(12)10-14/h3-6,11,14-15,18H,7-10H2,1-2H3. The van der Waals surface area contributed by atoms with Crippen molar-refractivity contribution in [1.29, 1.82) is 0 Å². The Bertz CT molecular complexity index is 634. The van der Waals surface area contributed by atoms with Crippen LogP contribution in [0.4, 0.5) is 0 Å². The molecule has 1 aliphatic carbocycles. The summed E-state index contributed by atoms with van der Waals surface area (Å²) >= 11 is 0. The van der Waals surface area contributed by atoms with Crippen molar-refractivity contribution < 1.29 is 0 Å². The molecule has 1 atom stereocenters. The zero-order valence-corrected chi connectivity index (χ0v) is 12.7. The molecule has 4 rings (SSSR count). The molecule has 1 aromatic carbocycles. The molecule has 2 aliphatic rings. The Labute approximate surface area is 125 Å². The van der Waals surface area contributed by atoms with Gasteiger partial charge in [-0.05, 0) is 29.9 Å². The van der Waals surface area contributed by atoms with Gasteiger partial charge in [-0.2, -0.15) is 0 Å². The molecule has 0 amide bonds.